The van der Waals surface area contributed by atoms with E-state index >= 15 is 0 Å². The van der Waals surface area contributed by atoms with Gasteiger partial charge in [-0.15, -0.1) is 0 Å². The molecule has 0 saturated heterocycles. The van der Waals surface area contributed by atoms with E-state index in [0.717, 1.165) is 44.3 Å². The van der Waals surface area contributed by atoms with Crippen molar-refractivity contribution in [1.82, 2.24) is 15.2 Å². The Labute approximate surface area is 242 Å². The van der Waals surface area contributed by atoms with Crippen LogP contribution in [-0.4, -0.2) is 35.1 Å². The van der Waals surface area contributed by atoms with Crippen molar-refractivity contribution in [2.45, 2.75) is 18.2 Å². The van der Waals surface area contributed by atoms with Crippen molar-refractivity contribution in [2.75, 3.05) is 5.75 Å². The molecule has 5 rings (SSSR count). The molecule has 0 aliphatic heterocycles. The maximum Gasteiger partial charge on any atom is 0.185 e. The van der Waals surface area contributed by atoms with Crippen molar-refractivity contribution in [3.05, 3.63) is 131 Å². The van der Waals surface area contributed by atoms with Crippen LogP contribution in [0.4, 0.5) is 4.39 Å². The second-order valence-electron chi connectivity index (χ2n) is 9.37. The summed E-state index contributed by atoms with van der Waals surface area (Å²) in [7, 11) is -3.76. The first-order valence-electron chi connectivity index (χ1n) is 12.8. The highest BCUT2D eigenvalue weighted by atomic mass is 35.5. The molecule has 0 fully saturated rings. The molecule has 0 saturated carbocycles. The SMILES string of the molecule is CC/C(=C(/c1ccc(/C=C/C(=O)CS(=O)(=O)c2ccncc2)cc1)c1ccc2[nH]ncc2c1)c1ccc(F)cc1Cl. The molecule has 2 heterocycles. The molecule has 0 spiro atoms. The highest BCUT2D eigenvalue weighted by Gasteiger charge is 2.18. The van der Waals surface area contributed by atoms with Gasteiger partial charge in [-0.3, -0.25) is 14.9 Å². The molecule has 0 atom stereocenters. The Balaban J connectivity index is 1.49. The van der Waals surface area contributed by atoms with Gasteiger partial charge in [0.1, 0.15) is 11.6 Å². The second-order valence-corrected chi connectivity index (χ2v) is 11.8. The molecule has 0 radical (unpaired) electrons. The van der Waals surface area contributed by atoms with E-state index in [9.17, 15) is 17.6 Å². The number of sulfone groups is 1. The quantitative estimate of drug-likeness (QED) is 0.146. The number of halogens is 2. The third kappa shape index (κ3) is 6.34. The average molecular weight is 586 g/mol. The summed E-state index contributed by atoms with van der Waals surface area (Å²) in [5.41, 5.74) is 6.08. The van der Waals surface area contributed by atoms with E-state index in [1.807, 2.05) is 49.4 Å². The molecule has 0 amide bonds. The van der Waals surface area contributed by atoms with E-state index in [-0.39, 0.29) is 4.90 Å². The van der Waals surface area contributed by atoms with Gasteiger partial charge in [0, 0.05) is 17.8 Å². The van der Waals surface area contributed by atoms with Crippen molar-refractivity contribution in [3.8, 4) is 0 Å². The van der Waals surface area contributed by atoms with Crippen molar-refractivity contribution < 1.29 is 17.6 Å². The number of H-pyrrole nitrogens is 1. The Morgan fingerprint density at radius 1 is 0.976 bits per heavy atom. The molecular weight excluding hydrogens is 561 g/mol. The number of aromatic amines is 1. The Hall–Kier alpha value is -4.40. The number of nitrogens with one attached hydrogen (secondary N) is 1. The number of nitrogens with zero attached hydrogens (tertiary/aromatic N) is 2. The molecule has 41 heavy (non-hydrogen) atoms. The number of allylic oxidation sites excluding steroid dienone is 2. The zero-order valence-corrected chi connectivity index (χ0v) is 23.6. The maximum absolute atomic E-state index is 13.9. The summed E-state index contributed by atoms with van der Waals surface area (Å²) in [4.78, 5) is 16.3. The number of hydrogen-bond donors (Lipinski definition) is 1. The minimum atomic E-state index is -3.76. The highest BCUT2D eigenvalue weighted by molar-refractivity contribution is 7.92. The van der Waals surface area contributed by atoms with Gasteiger partial charge in [-0.2, -0.15) is 5.10 Å². The summed E-state index contributed by atoms with van der Waals surface area (Å²) >= 11 is 6.50. The first kappa shape index (κ1) is 28.1. The Bertz CT molecular complexity index is 1900. The monoisotopic (exact) mass is 585 g/mol. The topological polar surface area (TPSA) is 92.8 Å². The van der Waals surface area contributed by atoms with Crippen LogP contribution >= 0.6 is 11.6 Å². The largest absolute Gasteiger partial charge is 0.294 e. The van der Waals surface area contributed by atoms with Crippen LogP contribution in [0.5, 0.6) is 0 Å². The van der Waals surface area contributed by atoms with E-state index in [2.05, 4.69) is 15.2 Å². The van der Waals surface area contributed by atoms with Gasteiger partial charge in [0.15, 0.2) is 15.6 Å². The fraction of sp³-hybridized carbons (Fsp3) is 0.0938. The lowest BCUT2D eigenvalue weighted by atomic mass is 9.87. The molecule has 9 heteroatoms. The summed E-state index contributed by atoms with van der Waals surface area (Å²) < 4.78 is 38.9. The molecule has 0 aliphatic rings. The van der Waals surface area contributed by atoms with Crippen molar-refractivity contribution in [2.24, 2.45) is 0 Å². The lowest BCUT2D eigenvalue weighted by molar-refractivity contribution is -0.112. The molecule has 2 aromatic heterocycles. The number of carbonyl (C=O) groups is 1. The third-order valence-electron chi connectivity index (χ3n) is 6.64. The smallest absolute Gasteiger partial charge is 0.185 e. The van der Waals surface area contributed by atoms with Crippen LogP contribution in [-0.2, 0) is 14.6 Å². The van der Waals surface area contributed by atoms with Gasteiger partial charge >= 0.3 is 0 Å². The number of rotatable bonds is 9. The van der Waals surface area contributed by atoms with Crippen molar-refractivity contribution in [3.63, 3.8) is 0 Å². The highest BCUT2D eigenvalue weighted by Crippen LogP contribution is 2.38. The molecule has 206 valence electrons. The molecule has 0 aliphatic carbocycles. The van der Waals surface area contributed by atoms with Crippen LogP contribution in [0.15, 0.2) is 102 Å². The van der Waals surface area contributed by atoms with Gasteiger partial charge in [-0.05, 0) is 82.3 Å². The van der Waals surface area contributed by atoms with E-state index in [1.165, 1.54) is 42.7 Å². The minimum absolute atomic E-state index is 0.0551. The number of hydrogen-bond acceptors (Lipinski definition) is 5. The van der Waals surface area contributed by atoms with Gasteiger partial charge in [0.25, 0.3) is 0 Å². The number of aromatic nitrogens is 3. The zero-order chi connectivity index (χ0) is 29.0. The number of carbonyl (C=O) groups excluding carboxylic acids is 1. The van der Waals surface area contributed by atoms with Crippen LogP contribution in [0.2, 0.25) is 5.02 Å². The van der Waals surface area contributed by atoms with E-state index in [1.54, 1.807) is 18.3 Å². The summed E-state index contributed by atoms with van der Waals surface area (Å²) in [6.07, 6.45) is 8.00. The van der Waals surface area contributed by atoms with Gasteiger partial charge in [-0.25, -0.2) is 12.8 Å². The summed E-state index contributed by atoms with van der Waals surface area (Å²) in [6.45, 7) is 2.02. The third-order valence-corrected chi connectivity index (χ3v) is 8.61. The normalized spacial score (nSPS) is 12.6. The zero-order valence-electron chi connectivity index (χ0n) is 22.0. The van der Waals surface area contributed by atoms with Gasteiger partial charge in [0.05, 0.1) is 21.6 Å². The molecule has 1 N–H and O–H groups in total. The first-order chi connectivity index (χ1) is 19.7. The number of ketones is 1. The van der Waals surface area contributed by atoms with Crippen LogP contribution in [0.25, 0.3) is 28.1 Å². The van der Waals surface area contributed by atoms with Crippen LogP contribution in [0.3, 0.4) is 0 Å². The second kappa shape index (κ2) is 12.0. The predicted molar refractivity (Wildman–Crippen MR) is 160 cm³/mol. The standard InChI is InChI=1S/C32H25ClFN3O3S/c1-2-28(29-11-9-25(34)18-30(29)33)32(23-8-12-31-24(17-23)19-36-37-31)22-6-3-21(4-7-22)5-10-26(38)20-41(39,40)27-13-15-35-16-14-27/h3-19H,2,20H2,1H3,(H,36,37)/b10-5+,32-28+. The average Bonchev–Trinajstić information content (AvgIpc) is 3.44. The predicted octanol–water partition coefficient (Wildman–Crippen LogP) is 7.18. The fourth-order valence-electron chi connectivity index (χ4n) is 4.66. The van der Waals surface area contributed by atoms with E-state index in [0.29, 0.717) is 11.4 Å². The molecule has 6 nitrogen and oxygen atoms in total. The summed E-state index contributed by atoms with van der Waals surface area (Å²) in [5.74, 6) is -1.57. The molecule has 3 aromatic carbocycles. The maximum atomic E-state index is 13.9. The van der Waals surface area contributed by atoms with Crippen molar-refractivity contribution >= 4 is 55.3 Å². The van der Waals surface area contributed by atoms with Gasteiger partial charge < -0.3 is 0 Å². The first-order valence-corrected chi connectivity index (χ1v) is 14.8. The summed E-state index contributed by atoms with van der Waals surface area (Å²) in [6, 6.07) is 20.7. The minimum Gasteiger partial charge on any atom is -0.294 e. The molecule has 5 aromatic rings. The molecule has 0 unspecified atom stereocenters. The lowest BCUT2D eigenvalue weighted by Gasteiger charge is -2.18. The van der Waals surface area contributed by atoms with Gasteiger partial charge in [0.2, 0.25) is 0 Å². The number of benzene rings is 3. The Morgan fingerprint density at radius 3 is 2.41 bits per heavy atom. The molecular formula is C32H25ClFN3O3S. The molecule has 0 bridgehead atoms. The van der Waals surface area contributed by atoms with Crippen LogP contribution < -0.4 is 0 Å². The van der Waals surface area contributed by atoms with E-state index in [4.69, 9.17) is 11.6 Å². The van der Waals surface area contributed by atoms with Crippen LogP contribution in [0, 0.1) is 5.82 Å². The lowest BCUT2D eigenvalue weighted by Crippen LogP contribution is -2.14. The fourth-order valence-corrected chi connectivity index (χ4v) is 6.12. The van der Waals surface area contributed by atoms with Crippen LogP contribution in [0.1, 0.15) is 35.6 Å². The summed E-state index contributed by atoms with van der Waals surface area (Å²) in [5, 5.41) is 8.36. The number of pyridine rings is 1. The van der Waals surface area contributed by atoms with E-state index < -0.39 is 27.2 Å². The van der Waals surface area contributed by atoms with Crippen molar-refractivity contribution in [1.29, 1.82) is 0 Å². The Kier molecular flexibility index (Phi) is 8.23. The van der Waals surface area contributed by atoms with Gasteiger partial charge in [-0.1, -0.05) is 61.0 Å². The number of fused-ring (bicyclic) bond motifs is 1. The Morgan fingerprint density at radius 2 is 1.71 bits per heavy atom.